The van der Waals surface area contributed by atoms with E-state index >= 15 is 0 Å². The molecule has 0 aromatic carbocycles. The summed E-state index contributed by atoms with van der Waals surface area (Å²) in [6.45, 7) is 0. The summed E-state index contributed by atoms with van der Waals surface area (Å²) in [5.74, 6) is 0. The molecule has 0 aliphatic heterocycles. The van der Waals surface area contributed by atoms with Crippen molar-refractivity contribution in [2.75, 3.05) is 0 Å². The molecule has 0 rings (SSSR count). The van der Waals surface area contributed by atoms with Gasteiger partial charge in [-0.2, -0.15) is 0 Å². The molecule has 0 heterocycles. The standard InChI is InChI=1S/Al.BF4.Li.Na.5H/c;2-1(3,4)5;;;;;;;/q;-1;;;;;;;. The molecule has 42 valence electrons. The molecule has 0 aromatic rings. The second-order valence-corrected chi connectivity index (χ2v) is 0.495. The maximum absolute atomic E-state index is 9.75. The first kappa shape index (κ1) is 22.5. The fraction of sp³-hybridized carbons (Fsp3) is 0. The predicted octanol–water partition coefficient (Wildman–Crippen LogP) is -1.18. The van der Waals surface area contributed by atoms with Crippen molar-refractivity contribution in [3.05, 3.63) is 0 Å². The molecule has 0 radical (unpaired) electrons. The van der Waals surface area contributed by atoms with Crippen LogP contribution in [0.25, 0.3) is 0 Å². The molecule has 0 nitrogen and oxygen atoms in total. The Morgan fingerprint density at radius 2 is 0.875 bits per heavy atom. The summed E-state index contributed by atoms with van der Waals surface area (Å²) in [6.07, 6.45) is 0. The minimum atomic E-state index is -6.00. The Labute approximate surface area is 89.5 Å². The summed E-state index contributed by atoms with van der Waals surface area (Å²) in [5.41, 5.74) is 0. The van der Waals surface area contributed by atoms with Crippen LogP contribution in [0, 0.1) is 0 Å². The zero-order chi connectivity index (χ0) is 4.50. The molecule has 0 aliphatic carbocycles. The SMILES string of the molecule is F[B-](F)(F)F.[AlH3].[LiH].[NaH]. The van der Waals surface area contributed by atoms with E-state index < -0.39 is 7.25 Å². The van der Waals surface area contributed by atoms with Gasteiger partial charge in [-0.15, -0.1) is 0 Å². The van der Waals surface area contributed by atoms with Gasteiger partial charge < -0.3 is 17.3 Å². The topological polar surface area (TPSA) is 0 Å². The average molecular weight is 149 g/mol. The first-order valence-electron chi connectivity index (χ1n) is 0.873. The Morgan fingerprint density at radius 1 is 0.875 bits per heavy atom. The van der Waals surface area contributed by atoms with Crippen LogP contribution in [0.1, 0.15) is 0 Å². The zero-order valence-corrected chi connectivity index (χ0v) is 2.09. The van der Waals surface area contributed by atoms with E-state index in [-0.39, 0.29) is 65.8 Å². The first-order valence-corrected chi connectivity index (χ1v) is 0.873. The maximum atomic E-state index is 9.75. The van der Waals surface area contributed by atoms with E-state index in [0.29, 0.717) is 0 Å². The molecular weight excluding hydrogens is 144 g/mol. The summed E-state index contributed by atoms with van der Waals surface area (Å²) >= 11 is 0. The van der Waals surface area contributed by atoms with Crippen molar-refractivity contribution >= 4 is 73.0 Å². The van der Waals surface area contributed by atoms with Gasteiger partial charge in [0, 0.05) is 0 Å². The number of hydrogen-bond donors (Lipinski definition) is 0. The average Bonchev–Trinajstić information content (AvgIpc) is 0.722. The van der Waals surface area contributed by atoms with E-state index in [1.165, 1.54) is 0 Å². The normalized spacial score (nSPS) is 7.50. The minimum absolute atomic E-state index is 0. The second kappa shape index (κ2) is 8.91. The summed E-state index contributed by atoms with van der Waals surface area (Å²) < 4.78 is 39.0. The van der Waals surface area contributed by atoms with Crippen LogP contribution >= 0.6 is 0 Å². The van der Waals surface area contributed by atoms with Crippen LogP contribution in [0.4, 0.5) is 17.3 Å². The molecule has 0 bridgehead atoms. The van der Waals surface area contributed by atoms with Gasteiger partial charge in [0.05, 0.1) is 0 Å². The van der Waals surface area contributed by atoms with Gasteiger partial charge in [-0.3, -0.25) is 0 Å². The number of rotatable bonds is 0. The van der Waals surface area contributed by atoms with Crippen LogP contribution in [-0.4, -0.2) is 73.0 Å². The molecular formula is H5AlBF4LiNa-. The number of halogens is 4. The Morgan fingerprint density at radius 3 is 0.875 bits per heavy atom. The van der Waals surface area contributed by atoms with Gasteiger partial charge in [0.15, 0.2) is 17.4 Å². The molecule has 0 unspecified atom stereocenters. The Bertz CT molecular complexity index is 31.5. The Kier molecular flexibility index (Phi) is 25.1. The van der Waals surface area contributed by atoms with E-state index in [1.807, 2.05) is 0 Å². The molecule has 0 aliphatic rings. The molecule has 0 atom stereocenters. The van der Waals surface area contributed by atoms with Gasteiger partial charge >= 0.3 is 55.7 Å². The molecule has 8 heavy (non-hydrogen) atoms. The monoisotopic (exact) mass is 149 g/mol. The quantitative estimate of drug-likeness (QED) is 0.300. The van der Waals surface area contributed by atoms with Crippen molar-refractivity contribution in [1.82, 2.24) is 0 Å². The van der Waals surface area contributed by atoms with Gasteiger partial charge in [0.1, 0.15) is 0 Å². The van der Waals surface area contributed by atoms with E-state index in [9.17, 15) is 17.3 Å². The van der Waals surface area contributed by atoms with Crippen molar-refractivity contribution in [2.45, 2.75) is 0 Å². The van der Waals surface area contributed by atoms with Crippen LogP contribution in [-0.2, 0) is 0 Å². The van der Waals surface area contributed by atoms with Gasteiger partial charge in [-0.1, -0.05) is 0 Å². The Hall–Kier alpha value is 1.91. The van der Waals surface area contributed by atoms with E-state index in [0.717, 1.165) is 0 Å². The summed E-state index contributed by atoms with van der Waals surface area (Å²) in [7, 11) is -6.00. The molecule has 0 saturated carbocycles. The molecule has 0 N–H and O–H groups in total. The van der Waals surface area contributed by atoms with Crippen LogP contribution < -0.4 is 0 Å². The molecule has 0 amide bonds. The third-order valence-corrected chi connectivity index (χ3v) is 0. The van der Waals surface area contributed by atoms with E-state index in [2.05, 4.69) is 0 Å². The molecule has 0 aromatic heterocycles. The van der Waals surface area contributed by atoms with Gasteiger partial charge in [0.2, 0.25) is 0 Å². The zero-order valence-electron chi connectivity index (χ0n) is 2.09. The molecule has 0 saturated heterocycles. The predicted molar refractivity (Wildman–Crippen MR) is 34.4 cm³/mol. The van der Waals surface area contributed by atoms with Crippen LogP contribution in [0.5, 0.6) is 0 Å². The van der Waals surface area contributed by atoms with Gasteiger partial charge in [0.25, 0.3) is 0 Å². The molecule has 0 spiro atoms. The second-order valence-electron chi connectivity index (χ2n) is 0.495. The van der Waals surface area contributed by atoms with Crippen LogP contribution in [0.2, 0.25) is 0 Å². The van der Waals surface area contributed by atoms with Crippen molar-refractivity contribution in [1.29, 1.82) is 0 Å². The third kappa shape index (κ3) is 103. The first-order chi connectivity index (χ1) is 2.00. The summed E-state index contributed by atoms with van der Waals surface area (Å²) in [5, 5.41) is 0. The van der Waals surface area contributed by atoms with Gasteiger partial charge in [-0.05, 0) is 0 Å². The summed E-state index contributed by atoms with van der Waals surface area (Å²) in [6, 6.07) is 0. The van der Waals surface area contributed by atoms with E-state index in [4.69, 9.17) is 0 Å². The fourth-order valence-corrected chi connectivity index (χ4v) is 0. The van der Waals surface area contributed by atoms with Crippen molar-refractivity contribution in [3.8, 4) is 0 Å². The third-order valence-electron chi connectivity index (χ3n) is 0. The molecule has 8 heteroatoms. The number of hydrogen-bond acceptors (Lipinski definition) is 0. The van der Waals surface area contributed by atoms with Crippen molar-refractivity contribution < 1.29 is 17.3 Å². The Balaban J connectivity index is -0.0000000267. The van der Waals surface area contributed by atoms with Crippen LogP contribution in [0.15, 0.2) is 0 Å². The summed E-state index contributed by atoms with van der Waals surface area (Å²) in [4.78, 5) is 0. The molecule has 0 fully saturated rings. The fourth-order valence-electron chi connectivity index (χ4n) is 0. The van der Waals surface area contributed by atoms with E-state index in [1.54, 1.807) is 0 Å². The van der Waals surface area contributed by atoms with Gasteiger partial charge in [-0.25, -0.2) is 0 Å². The van der Waals surface area contributed by atoms with Crippen LogP contribution in [0.3, 0.4) is 0 Å². The van der Waals surface area contributed by atoms with Crippen molar-refractivity contribution in [3.63, 3.8) is 0 Å². The van der Waals surface area contributed by atoms with Crippen molar-refractivity contribution in [2.24, 2.45) is 0 Å².